The molecule has 0 saturated heterocycles. The summed E-state index contributed by atoms with van der Waals surface area (Å²) >= 11 is 15.4. The first-order chi connectivity index (χ1) is 12.7. The summed E-state index contributed by atoms with van der Waals surface area (Å²) in [6, 6.07) is 15.5. The Morgan fingerprint density at radius 3 is 1.58 bits per heavy atom. The average molecular weight is 453 g/mol. The minimum Gasteiger partial charge on any atom is -0.229 e. The van der Waals surface area contributed by atoms with Crippen LogP contribution >= 0.6 is 67.5 Å². The fraction of sp³-hybridized carbons (Fsp3) is 0. The Labute approximate surface area is 177 Å². The van der Waals surface area contributed by atoms with Crippen LogP contribution in [0, 0.1) is 0 Å². The van der Waals surface area contributed by atoms with Gasteiger partial charge in [-0.3, -0.25) is 0 Å². The number of aromatic nitrogens is 2. The Kier molecular flexibility index (Phi) is 5.88. The van der Waals surface area contributed by atoms with Crippen LogP contribution in [0.4, 0.5) is 0 Å². The van der Waals surface area contributed by atoms with E-state index >= 15 is 0 Å². The van der Waals surface area contributed by atoms with Crippen molar-refractivity contribution in [3.63, 3.8) is 0 Å². The summed E-state index contributed by atoms with van der Waals surface area (Å²) < 4.78 is 1.98. The molecule has 0 aliphatic heterocycles. The first-order valence-electron chi connectivity index (χ1n) is 7.45. The summed E-state index contributed by atoms with van der Waals surface area (Å²) in [5.74, 6) is 0. The Hall–Kier alpha value is -1.02. The molecule has 130 valence electrons. The van der Waals surface area contributed by atoms with Gasteiger partial charge in [0.15, 0.2) is 8.68 Å². The number of halogens is 2. The van der Waals surface area contributed by atoms with E-state index in [2.05, 4.69) is 9.97 Å². The summed E-state index contributed by atoms with van der Waals surface area (Å²) in [7, 11) is 3.24. The molecule has 0 atom stereocenters. The van der Waals surface area contributed by atoms with Crippen molar-refractivity contribution in [3.05, 3.63) is 69.3 Å². The van der Waals surface area contributed by atoms with Crippen molar-refractivity contribution >= 4 is 67.5 Å². The van der Waals surface area contributed by atoms with Crippen molar-refractivity contribution in [2.24, 2.45) is 0 Å². The van der Waals surface area contributed by atoms with Crippen LogP contribution in [0.2, 0.25) is 10.0 Å². The van der Waals surface area contributed by atoms with Gasteiger partial charge in [0.25, 0.3) is 0 Å². The van der Waals surface area contributed by atoms with Crippen LogP contribution < -0.4 is 0 Å². The summed E-state index contributed by atoms with van der Waals surface area (Å²) in [6.45, 7) is 0. The second-order valence-electron chi connectivity index (χ2n) is 5.18. The Balaban J connectivity index is 1.44. The second-order valence-corrected chi connectivity index (χ2v) is 10.4. The molecule has 2 aromatic carbocycles. The predicted octanol–water partition coefficient (Wildman–Crippen LogP) is 8.04. The van der Waals surface area contributed by atoms with Crippen LogP contribution in [0.15, 0.2) is 68.0 Å². The lowest BCUT2D eigenvalue weighted by molar-refractivity contribution is 1.25. The van der Waals surface area contributed by atoms with Crippen molar-refractivity contribution in [2.75, 3.05) is 0 Å². The lowest BCUT2D eigenvalue weighted by Gasteiger charge is -1.97. The molecule has 0 bridgehead atoms. The standard InChI is InChI=1S/C18H10Cl2N2S4/c19-13-5-1-3-11(7-13)15-9-23-17(21-15)25-26-18-22-16(10-24-18)12-4-2-6-14(20)8-12/h1-10H. The van der Waals surface area contributed by atoms with E-state index in [1.807, 2.05) is 59.3 Å². The highest BCUT2D eigenvalue weighted by Gasteiger charge is 2.10. The van der Waals surface area contributed by atoms with Crippen LogP contribution in [-0.2, 0) is 0 Å². The summed E-state index contributed by atoms with van der Waals surface area (Å²) in [5.41, 5.74) is 3.95. The smallest absolute Gasteiger partial charge is 0.161 e. The molecule has 8 heteroatoms. The highest BCUT2D eigenvalue weighted by molar-refractivity contribution is 8.77. The fourth-order valence-corrected chi connectivity index (χ4v) is 6.70. The lowest BCUT2D eigenvalue weighted by atomic mass is 10.2. The van der Waals surface area contributed by atoms with E-state index in [9.17, 15) is 0 Å². The molecule has 0 aliphatic rings. The number of hydrogen-bond acceptors (Lipinski definition) is 6. The van der Waals surface area contributed by atoms with E-state index in [0.29, 0.717) is 0 Å². The van der Waals surface area contributed by atoms with E-state index < -0.39 is 0 Å². The molecule has 2 heterocycles. The van der Waals surface area contributed by atoms with Crippen LogP contribution in [0.3, 0.4) is 0 Å². The molecule has 0 spiro atoms. The van der Waals surface area contributed by atoms with E-state index in [1.165, 1.54) is 0 Å². The quantitative estimate of drug-likeness (QED) is 0.286. The van der Waals surface area contributed by atoms with Crippen molar-refractivity contribution in [2.45, 2.75) is 8.68 Å². The molecular weight excluding hydrogens is 443 g/mol. The maximum atomic E-state index is 6.06. The Morgan fingerprint density at radius 2 is 1.15 bits per heavy atom. The van der Waals surface area contributed by atoms with Gasteiger partial charge in [-0.1, -0.05) is 47.5 Å². The minimum absolute atomic E-state index is 0.718. The number of rotatable bonds is 5. The normalized spacial score (nSPS) is 11.0. The molecule has 2 nitrogen and oxygen atoms in total. The molecule has 0 amide bonds. The Morgan fingerprint density at radius 1 is 0.692 bits per heavy atom. The van der Waals surface area contributed by atoms with Crippen molar-refractivity contribution in [1.29, 1.82) is 0 Å². The van der Waals surface area contributed by atoms with Crippen molar-refractivity contribution in [1.82, 2.24) is 9.97 Å². The lowest BCUT2D eigenvalue weighted by Crippen LogP contribution is -1.78. The third-order valence-corrected chi connectivity index (χ3v) is 8.59. The van der Waals surface area contributed by atoms with E-state index in [0.717, 1.165) is 41.2 Å². The maximum absolute atomic E-state index is 6.06. The SMILES string of the molecule is Clc1cccc(-c2csc(SSc3nc(-c4cccc(Cl)c4)cs3)n2)c1. The van der Waals surface area contributed by atoms with Gasteiger partial charge in [-0.25, -0.2) is 9.97 Å². The number of benzene rings is 2. The van der Waals surface area contributed by atoms with E-state index in [1.54, 1.807) is 44.3 Å². The van der Waals surface area contributed by atoms with Gasteiger partial charge < -0.3 is 0 Å². The van der Waals surface area contributed by atoms with Crippen molar-refractivity contribution in [3.8, 4) is 22.5 Å². The average Bonchev–Trinajstić information content (AvgIpc) is 3.30. The monoisotopic (exact) mass is 452 g/mol. The molecule has 26 heavy (non-hydrogen) atoms. The van der Waals surface area contributed by atoms with Crippen LogP contribution in [0.5, 0.6) is 0 Å². The zero-order valence-corrected chi connectivity index (χ0v) is 17.8. The Bertz CT molecular complexity index is 961. The molecule has 0 radical (unpaired) electrons. The van der Waals surface area contributed by atoms with Gasteiger partial charge in [-0.15, -0.1) is 22.7 Å². The summed E-state index contributed by atoms with van der Waals surface area (Å²) in [6.07, 6.45) is 0. The minimum atomic E-state index is 0.718. The van der Waals surface area contributed by atoms with Crippen molar-refractivity contribution < 1.29 is 0 Å². The maximum Gasteiger partial charge on any atom is 0.161 e. The number of thiazole rings is 2. The molecule has 2 aromatic heterocycles. The van der Waals surface area contributed by atoms with Gasteiger partial charge in [-0.2, -0.15) is 0 Å². The first-order valence-corrected chi connectivity index (χ1v) is 12.1. The molecular formula is C18H10Cl2N2S4. The van der Waals surface area contributed by atoms with E-state index in [4.69, 9.17) is 23.2 Å². The predicted molar refractivity (Wildman–Crippen MR) is 117 cm³/mol. The van der Waals surface area contributed by atoms with Crippen LogP contribution in [0.1, 0.15) is 0 Å². The first kappa shape index (κ1) is 18.3. The molecule has 0 aliphatic carbocycles. The molecule has 0 saturated carbocycles. The zero-order valence-electron chi connectivity index (χ0n) is 13.1. The fourth-order valence-electron chi connectivity index (χ4n) is 2.22. The van der Waals surface area contributed by atoms with Gasteiger partial charge in [0, 0.05) is 31.9 Å². The highest BCUT2D eigenvalue weighted by atomic mass is 35.5. The number of hydrogen-bond donors (Lipinski definition) is 0. The van der Waals surface area contributed by atoms with Gasteiger partial charge in [0.05, 0.1) is 11.4 Å². The summed E-state index contributed by atoms with van der Waals surface area (Å²) in [4.78, 5) is 9.35. The van der Waals surface area contributed by atoms with Crippen LogP contribution in [0.25, 0.3) is 22.5 Å². The molecule has 0 unspecified atom stereocenters. The largest absolute Gasteiger partial charge is 0.229 e. The molecule has 0 fully saturated rings. The van der Waals surface area contributed by atoms with Gasteiger partial charge >= 0.3 is 0 Å². The van der Waals surface area contributed by atoms with E-state index in [-0.39, 0.29) is 0 Å². The highest BCUT2D eigenvalue weighted by Crippen LogP contribution is 2.42. The molecule has 4 aromatic rings. The van der Waals surface area contributed by atoms with Gasteiger partial charge in [0.2, 0.25) is 0 Å². The number of nitrogens with zero attached hydrogens (tertiary/aromatic N) is 2. The summed E-state index contributed by atoms with van der Waals surface area (Å²) in [5, 5.41) is 5.53. The molecule has 0 N–H and O–H groups in total. The molecule has 4 rings (SSSR count). The third kappa shape index (κ3) is 4.44. The second kappa shape index (κ2) is 8.33. The third-order valence-electron chi connectivity index (χ3n) is 3.39. The van der Waals surface area contributed by atoms with Crippen LogP contribution in [-0.4, -0.2) is 9.97 Å². The van der Waals surface area contributed by atoms with Gasteiger partial charge in [-0.05, 0) is 45.9 Å². The topological polar surface area (TPSA) is 25.8 Å². The zero-order chi connectivity index (χ0) is 17.9. The van der Waals surface area contributed by atoms with Gasteiger partial charge in [0.1, 0.15) is 0 Å².